The normalized spacial score (nSPS) is 18.6. The second-order valence-electron chi connectivity index (χ2n) is 5.79. The van der Waals surface area contributed by atoms with Crippen LogP contribution in [-0.2, 0) is 11.3 Å². The first-order valence-corrected chi connectivity index (χ1v) is 7.84. The van der Waals surface area contributed by atoms with Crippen LogP contribution in [0.4, 0.5) is 0 Å². The summed E-state index contributed by atoms with van der Waals surface area (Å²) in [6.07, 6.45) is 1.44. The zero-order valence-electron chi connectivity index (χ0n) is 14.3. The van der Waals surface area contributed by atoms with E-state index in [-0.39, 0.29) is 35.9 Å². The fourth-order valence-corrected chi connectivity index (χ4v) is 2.65. The highest BCUT2D eigenvalue weighted by atomic mass is 127. The highest BCUT2D eigenvalue weighted by Crippen LogP contribution is 2.14. The van der Waals surface area contributed by atoms with Gasteiger partial charge in [0.25, 0.3) is 0 Å². The van der Waals surface area contributed by atoms with Crippen LogP contribution in [0.3, 0.4) is 0 Å². The minimum atomic E-state index is 0. The minimum Gasteiger partial charge on any atom is -0.466 e. The van der Waals surface area contributed by atoms with E-state index in [2.05, 4.69) is 15.6 Å². The molecule has 1 aromatic rings. The fourth-order valence-electron chi connectivity index (χ4n) is 2.65. The Morgan fingerprint density at radius 1 is 1.48 bits per heavy atom. The second kappa shape index (κ2) is 9.14. The molecule has 0 radical (unpaired) electrons. The molecule has 1 aliphatic rings. The Morgan fingerprint density at radius 3 is 2.78 bits per heavy atom. The molecular weight excluding hydrogens is 407 g/mol. The van der Waals surface area contributed by atoms with Crippen molar-refractivity contribution in [1.29, 1.82) is 0 Å². The first kappa shape index (κ1) is 19.8. The number of aryl methyl sites for hydroxylation is 2. The summed E-state index contributed by atoms with van der Waals surface area (Å²) in [5.74, 6) is 2.83. The smallest absolute Gasteiger partial charge is 0.222 e. The summed E-state index contributed by atoms with van der Waals surface area (Å²) in [7, 11) is 1.85. The molecule has 1 fully saturated rings. The van der Waals surface area contributed by atoms with Crippen molar-refractivity contribution >= 4 is 35.8 Å². The van der Waals surface area contributed by atoms with Gasteiger partial charge in [0.2, 0.25) is 5.91 Å². The molecule has 23 heavy (non-hydrogen) atoms. The van der Waals surface area contributed by atoms with Crippen LogP contribution in [-0.4, -0.2) is 42.9 Å². The maximum Gasteiger partial charge on any atom is 0.222 e. The molecule has 1 unspecified atom stereocenters. The van der Waals surface area contributed by atoms with Crippen molar-refractivity contribution in [2.45, 2.75) is 46.2 Å². The number of guanidine groups is 1. The fraction of sp³-hybridized carbons (Fsp3) is 0.625. The van der Waals surface area contributed by atoms with Crippen LogP contribution in [0, 0.1) is 13.8 Å². The van der Waals surface area contributed by atoms with Crippen molar-refractivity contribution < 1.29 is 9.21 Å². The Labute approximate surface area is 155 Å². The number of likely N-dealkylation sites (N-methyl/N-ethyl adjacent to an activating group) is 1. The number of carbonyl (C=O) groups is 1. The molecule has 130 valence electrons. The summed E-state index contributed by atoms with van der Waals surface area (Å²) in [6.45, 7) is 8.04. The summed E-state index contributed by atoms with van der Waals surface area (Å²) in [5.41, 5.74) is 1.10. The van der Waals surface area contributed by atoms with Gasteiger partial charge in [0.05, 0.1) is 6.54 Å². The van der Waals surface area contributed by atoms with Crippen molar-refractivity contribution in [3.63, 3.8) is 0 Å². The zero-order chi connectivity index (χ0) is 16.1. The molecule has 2 heterocycles. The van der Waals surface area contributed by atoms with Crippen LogP contribution in [0.25, 0.3) is 0 Å². The van der Waals surface area contributed by atoms with E-state index >= 15 is 0 Å². The van der Waals surface area contributed by atoms with E-state index < -0.39 is 0 Å². The van der Waals surface area contributed by atoms with Gasteiger partial charge in [-0.3, -0.25) is 4.79 Å². The first-order valence-electron chi connectivity index (χ1n) is 7.84. The Kier molecular flexibility index (Phi) is 7.87. The molecule has 1 amide bonds. The lowest BCUT2D eigenvalue weighted by molar-refractivity contribution is -0.132. The van der Waals surface area contributed by atoms with Crippen LogP contribution < -0.4 is 10.6 Å². The molecule has 0 spiro atoms. The van der Waals surface area contributed by atoms with Crippen molar-refractivity contribution in [2.24, 2.45) is 4.99 Å². The number of nitrogens with zero attached hydrogens (tertiary/aromatic N) is 2. The number of hydrogen-bond donors (Lipinski definition) is 2. The maximum absolute atomic E-state index is 11.5. The molecule has 1 aliphatic heterocycles. The van der Waals surface area contributed by atoms with Gasteiger partial charge in [-0.25, -0.2) is 4.99 Å². The Morgan fingerprint density at radius 2 is 2.22 bits per heavy atom. The Bertz CT molecular complexity index is 556. The summed E-state index contributed by atoms with van der Waals surface area (Å²) in [4.78, 5) is 17.9. The highest BCUT2D eigenvalue weighted by Gasteiger charge is 2.23. The standard InChI is InChI=1S/C16H26N4O2.HI/c1-5-17-16(18-9-13-8-11(2)22-12(13)3)19-14-6-7-15(21)20(4)10-14;/h8,14H,5-7,9-10H2,1-4H3,(H2,17,18,19);1H. The van der Waals surface area contributed by atoms with Crippen molar-refractivity contribution in [3.8, 4) is 0 Å². The third-order valence-electron chi connectivity index (χ3n) is 3.86. The molecule has 1 atom stereocenters. The quantitative estimate of drug-likeness (QED) is 0.433. The van der Waals surface area contributed by atoms with Crippen LogP contribution >= 0.6 is 24.0 Å². The van der Waals surface area contributed by atoms with E-state index in [4.69, 9.17) is 4.42 Å². The maximum atomic E-state index is 11.5. The van der Waals surface area contributed by atoms with E-state index in [1.54, 1.807) is 4.90 Å². The lowest BCUT2D eigenvalue weighted by Crippen LogP contribution is -2.51. The summed E-state index contributed by atoms with van der Waals surface area (Å²) >= 11 is 0. The number of piperidine rings is 1. The van der Waals surface area contributed by atoms with Gasteiger partial charge in [-0.1, -0.05) is 0 Å². The molecular formula is C16H27IN4O2. The van der Waals surface area contributed by atoms with E-state index in [0.29, 0.717) is 19.5 Å². The molecule has 0 aliphatic carbocycles. The lowest BCUT2D eigenvalue weighted by atomic mass is 10.1. The van der Waals surface area contributed by atoms with Gasteiger partial charge in [-0.15, -0.1) is 24.0 Å². The Balaban J connectivity index is 0.00000264. The first-order chi connectivity index (χ1) is 10.5. The van der Waals surface area contributed by atoms with Gasteiger partial charge in [0.15, 0.2) is 5.96 Å². The average Bonchev–Trinajstić information content (AvgIpc) is 2.78. The lowest BCUT2D eigenvalue weighted by Gasteiger charge is -2.31. The van der Waals surface area contributed by atoms with Crippen molar-refractivity contribution in [3.05, 3.63) is 23.2 Å². The molecule has 2 N–H and O–H groups in total. The average molecular weight is 434 g/mol. The number of aliphatic imine (C=N–C) groups is 1. The SMILES string of the molecule is CCNC(=NCc1cc(C)oc1C)NC1CCC(=O)N(C)C1.I. The minimum absolute atomic E-state index is 0. The number of halogens is 1. The zero-order valence-corrected chi connectivity index (χ0v) is 16.6. The van der Waals surface area contributed by atoms with Crippen molar-refractivity contribution in [1.82, 2.24) is 15.5 Å². The van der Waals surface area contributed by atoms with Gasteiger partial charge in [0, 0.05) is 38.2 Å². The molecule has 7 heteroatoms. The van der Waals surface area contributed by atoms with Crippen molar-refractivity contribution in [2.75, 3.05) is 20.1 Å². The van der Waals surface area contributed by atoms with Crippen LogP contribution in [0.15, 0.2) is 15.5 Å². The number of hydrogen-bond acceptors (Lipinski definition) is 3. The Hall–Kier alpha value is -1.25. The third-order valence-corrected chi connectivity index (χ3v) is 3.86. The monoisotopic (exact) mass is 434 g/mol. The van der Waals surface area contributed by atoms with Crippen LogP contribution in [0.2, 0.25) is 0 Å². The van der Waals surface area contributed by atoms with Gasteiger partial charge in [-0.05, 0) is 33.3 Å². The largest absolute Gasteiger partial charge is 0.466 e. The molecule has 0 aromatic carbocycles. The topological polar surface area (TPSA) is 69.9 Å². The number of likely N-dealkylation sites (tertiary alicyclic amines) is 1. The molecule has 6 nitrogen and oxygen atoms in total. The number of carbonyl (C=O) groups excluding carboxylic acids is 1. The van der Waals surface area contributed by atoms with Gasteiger partial charge < -0.3 is 20.0 Å². The molecule has 1 aromatic heterocycles. The number of nitrogens with one attached hydrogen (secondary N) is 2. The van der Waals surface area contributed by atoms with E-state index in [1.165, 1.54) is 0 Å². The molecule has 0 saturated carbocycles. The second-order valence-corrected chi connectivity index (χ2v) is 5.79. The van der Waals surface area contributed by atoms with Crippen LogP contribution in [0.1, 0.15) is 36.8 Å². The van der Waals surface area contributed by atoms with E-state index in [0.717, 1.165) is 36.0 Å². The summed E-state index contributed by atoms with van der Waals surface area (Å²) in [5, 5.41) is 6.68. The molecule has 2 rings (SSSR count). The number of furan rings is 1. The molecule has 0 bridgehead atoms. The summed E-state index contributed by atoms with van der Waals surface area (Å²) in [6, 6.07) is 2.27. The van der Waals surface area contributed by atoms with Gasteiger partial charge >= 0.3 is 0 Å². The van der Waals surface area contributed by atoms with Crippen LogP contribution in [0.5, 0.6) is 0 Å². The number of rotatable bonds is 4. The van der Waals surface area contributed by atoms with E-state index in [1.807, 2.05) is 33.9 Å². The highest BCUT2D eigenvalue weighted by molar-refractivity contribution is 14.0. The predicted molar refractivity (Wildman–Crippen MR) is 102 cm³/mol. The van der Waals surface area contributed by atoms with E-state index in [9.17, 15) is 4.79 Å². The third kappa shape index (κ3) is 5.71. The van der Waals surface area contributed by atoms with Gasteiger partial charge in [-0.2, -0.15) is 0 Å². The van der Waals surface area contributed by atoms with Gasteiger partial charge in [0.1, 0.15) is 11.5 Å². The summed E-state index contributed by atoms with van der Waals surface area (Å²) < 4.78 is 5.53. The number of amides is 1. The predicted octanol–water partition coefficient (Wildman–Crippen LogP) is 2.19. The molecule has 1 saturated heterocycles.